The van der Waals surface area contributed by atoms with Crippen molar-refractivity contribution in [3.8, 4) is 23.7 Å². The third kappa shape index (κ3) is 4.94. The Balaban J connectivity index is 1.85. The first kappa shape index (κ1) is 18.6. The average molecular weight is 345 g/mol. The molecule has 1 radical (unpaired) electrons. The van der Waals surface area contributed by atoms with Crippen molar-refractivity contribution < 1.29 is 0 Å². The van der Waals surface area contributed by atoms with Crippen molar-refractivity contribution in [3.05, 3.63) is 99.6 Å². The second-order valence-corrected chi connectivity index (χ2v) is 6.76. The van der Waals surface area contributed by atoms with Crippen molar-refractivity contribution in [2.45, 2.75) is 27.6 Å². The predicted octanol–water partition coefficient (Wildman–Crippen LogP) is 4.79. The number of benzene rings is 3. The summed E-state index contributed by atoms with van der Waals surface area (Å²) in [5.41, 5.74) is 8.94. The molecule has 1 heteroatoms. The van der Waals surface area contributed by atoms with Gasteiger partial charge in [0.25, 0.3) is 0 Å². The summed E-state index contributed by atoms with van der Waals surface area (Å²) in [6.07, 6.45) is 0. The molecular formula is C26H22B. The van der Waals surface area contributed by atoms with Crippen LogP contribution >= 0.6 is 0 Å². The van der Waals surface area contributed by atoms with E-state index in [2.05, 4.69) is 112 Å². The normalized spacial score (nSPS) is 9.63. The van der Waals surface area contributed by atoms with Crippen LogP contribution < -0.4 is 5.46 Å². The molecule has 0 bridgehead atoms. The van der Waals surface area contributed by atoms with Gasteiger partial charge in [-0.2, -0.15) is 0 Å². The van der Waals surface area contributed by atoms with Gasteiger partial charge in [0, 0.05) is 22.3 Å². The summed E-state index contributed by atoms with van der Waals surface area (Å²) in [5, 5.41) is 0. The van der Waals surface area contributed by atoms with E-state index >= 15 is 0 Å². The van der Waals surface area contributed by atoms with Gasteiger partial charge >= 0.3 is 0 Å². The molecule has 0 nitrogen and oxygen atoms in total. The highest BCUT2D eigenvalue weighted by Gasteiger charge is 2.01. The third-order valence-electron chi connectivity index (χ3n) is 4.55. The molecule has 27 heavy (non-hydrogen) atoms. The first-order chi connectivity index (χ1) is 13.0. The standard InChI is InChI=1S/C26H22B/c1-19-5-7-22(8-6-19)9-13-24-17-21(3)25(18-20(24)2)14-10-23-11-15-26(27-4)16-12-23/h5-8,11-12,15-18H,1-4H3. The molecule has 0 aliphatic rings. The highest BCUT2D eigenvalue weighted by Crippen LogP contribution is 2.15. The van der Waals surface area contributed by atoms with E-state index in [0.29, 0.717) is 0 Å². The molecule has 0 amide bonds. The molecule has 0 heterocycles. The Bertz CT molecular complexity index is 1060. The summed E-state index contributed by atoms with van der Waals surface area (Å²) < 4.78 is 0. The molecule has 0 fully saturated rings. The van der Waals surface area contributed by atoms with Gasteiger partial charge < -0.3 is 0 Å². The number of aryl methyl sites for hydroxylation is 3. The summed E-state index contributed by atoms with van der Waals surface area (Å²) >= 11 is 0. The lowest BCUT2D eigenvalue weighted by molar-refractivity contribution is 1.35. The van der Waals surface area contributed by atoms with E-state index in [-0.39, 0.29) is 0 Å². The Hall–Kier alpha value is -3.16. The van der Waals surface area contributed by atoms with Gasteiger partial charge in [0.1, 0.15) is 7.28 Å². The quantitative estimate of drug-likeness (QED) is 0.439. The number of hydrogen-bond donors (Lipinski definition) is 0. The molecule has 0 spiro atoms. The van der Waals surface area contributed by atoms with E-state index in [1.165, 1.54) is 11.0 Å². The summed E-state index contributed by atoms with van der Waals surface area (Å²) in [5.74, 6) is 13.1. The zero-order chi connectivity index (χ0) is 19.2. The molecule has 3 rings (SSSR count). The van der Waals surface area contributed by atoms with Gasteiger partial charge in [0.15, 0.2) is 0 Å². The zero-order valence-corrected chi connectivity index (χ0v) is 16.4. The maximum absolute atomic E-state index is 3.31. The summed E-state index contributed by atoms with van der Waals surface area (Å²) in [6.45, 7) is 8.31. The summed E-state index contributed by atoms with van der Waals surface area (Å²) in [4.78, 5) is 0. The van der Waals surface area contributed by atoms with Gasteiger partial charge in [-0.1, -0.05) is 65.8 Å². The molecule has 0 aliphatic heterocycles. The molecule has 0 unspecified atom stereocenters. The smallest absolute Gasteiger partial charge is 0.0880 e. The van der Waals surface area contributed by atoms with Crippen LogP contribution in [0.15, 0.2) is 60.7 Å². The zero-order valence-electron chi connectivity index (χ0n) is 16.4. The van der Waals surface area contributed by atoms with Crippen LogP contribution in [0.3, 0.4) is 0 Å². The molecule has 0 aliphatic carbocycles. The van der Waals surface area contributed by atoms with E-state index in [4.69, 9.17) is 0 Å². The molecular weight excluding hydrogens is 323 g/mol. The molecule has 3 aromatic carbocycles. The Morgan fingerprint density at radius 1 is 0.593 bits per heavy atom. The van der Waals surface area contributed by atoms with Crippen LogP contribution in [0.25, 0.3) is 0 Å². The Labute approximate surface area is 163 Å². The highest BCUT2D eigenvalue weighted by atomic mass is 14.0. The van der Waals surface area contributed by atoms with Crippen LogP contribution in [0.4, 0.5) is 0 Å². The first-order valence-electron chi connectivity index (χ1n) is 9.16. The Morgan fingerprint density at radius 3 is 1.48 bits per heavy atom. The van der Waals surface area contributed by atoms with E-state index in [9.17, 15) is 0 Å². The van der Waals surface area contributed by atoms with Gasteiger partial charge in [-0.15, -0.1) is 0 Å². The Kier molecular flexibility index (Phi) is 5.85. The fourth-order valence-corrected chi connectivity index (χ4v) is 2.76. The molecule has 0 saturated carbocycles. The molecule has 0 saturated heterocycles. The van der Waals surface area contributed by atoms with Crippen molar-refractivity contribution in [2.75, 3.05) is 0 Å². The van der Waals surface area contributed by atoms with Crippen molar-refractivity contribution in [1.29, 1.82) is 0 Å². The maximum atomic E-state index is 3.31. The molecule has 3 aromatic rings. The predicted molar refractivity (Wildman–Crippen MR) is 117 cm³/mol. The summed E-state index contributed by atoms with van der Waals surface area (Å²) in [7, 11) is 2.08. The highest BCUT2D eigenvalue weighted by molar-refractivity contribution is 6.51. The van der Waals surface area contributed by atoms with Crippen molar-refractivity contribution >= 4 is 12.7 Å². The Morgan fingerprint density at radius 2 is 1.04 bits per heavy atom. The summed E-state index contributed by atoms with van der Waals surface area (Å²) in [6, 6.07) is 20.9. The van der Waals surface area contributed by atoms with Crippen LogP contribution in [0.2, 0.25) is 6.82 Å². The van der Waals surface area contributed by atoms with Crippen LogP contribution in [-0.2, 0) is 0 Å². The van der Waals surface area contributed by atoms with Gasteiger partial charge in [-0.05, 0) is 68.3 Å². The van der Waals surface area contributed by atoms with Crippen LogP contribution in [-0.4, -0.2) is 7.28 Å². The van der Waals surface area contributed by atoms with Gasteiger partial charge in [-0.25, -0.2) is 0 Å². The fourth-order valence-electron chi connectivity index (χ4n) is 2.76. The minimum atomic E-state index is 1.03. The van der Waals surface area contributed by atoms with E-state index in [1.54, 1.807) is 0 Å². The van der Waals surface area contributed by atoms with Gasteiger partial charge in [0.2, 0.25) is 0 Å². The SMILES string of the molecule is C[B]c1ccc(C#Cc2cc(C)c(C#Cc3ccc(C)cc3)cc2C)cc1. The van der Waals surface area contributed by atoms with E-state index < -0.39 is 0 Å². The lowest BCUT2D eigenvalue weighted by Gasteiger charge is -2.04. The van der Waals surface area contributed by atoms with Gasteiger partial charge in [-0.3, -0.25) is 0 Å². The van der Waals surface area contributed by atoms with Crippen molar-refractivity contribution in [1.82, 2.24) is 0 Å². The third-order valence-corrected chi connectivity index (χ3v) is 4.55. The monoisotopic (exact) mass is 345 g/mol. The van der Waals surface area contributed by atoms with Crippen molar-refractivity contribution in [2.24, 2.45) is 0 Å². The second-order valence-electron chi connectivity index (χ2n) is 6.76. The number of hydrogen-bond acceptors (Lipinski definition) is 0. The van der Waals surface area contributed by atoms with E-state index in [1.807, 2.05) is 6.82 Å². The van der Waals surface area contributed by atoms with Crippen LogP contribution in [0, 0.1) is 44.5 Å². The minimum absolute atomic E-state index is 1.03. The largest absolute Gasteiger partial charge is 0.148 e. The van der Waals surface area contributed by atoms with Crippen LogP contribution in [0.1, 0.15) is 38.9 Å². The maximum Gasteiger partial charge on any atom is 0.148 e. The van der Waals surface area contributed by atoms with E-state index in [0.717, 1.165) is 33.4 Å². The van der Waals surface area contributed by atoms with Crippen molar-refractivity contribution in [3.63, 3.8) is 0 Å². The molecule has 0 aromatic heterocycles. The van der Waals surface area contributed by atoms with Crippen LogP contribution in [0.5, 0.6) is 0 Å². The topological polar surface area (TPSA) is 0 Å². The minimum Gasteiger partial charge on any atom is -0.0880 e. The lowest BCUT2D eigenvalue weighted by atomic mass is 9.73. The lowest BCUT2D eigenvalue weighted by Crippen LogP contribution is -2.08. The molecule has 129 valence electrons. The first-order valence-corrected chi connectivity index (χ1v) is 9.16. The number of rotatable bonds is 1. The second kappa shape index (κ2) is 8.48. The average Bonchev–Trinajstić information content (AvgIpc) is 2.69. The molecule has 0 atom stereocenters. The fraction of sp³-hybridized carbons (Fsp3) is 0.154. The van der Waals surface area contributed by atoms with Gasteiger partial charge in [0.05, 0.1) is 0 Å². The molecule has 0 N–H and O–H groups in total.